The number of nitrogens with two attached hydrogens (primary N) is 1. The van der Waals surface area contributed by atoms with Gasteiger partial charge >= 0.3 is 0 Å². The number of carbonyl (C=O) groups is 1. The third kappa shape index (κ3) is 3.68. The van der Waals surface area contributed by atoms with E-state index >= 15 is 0 Å². The van der Waals surface area contributed by atoms with Crippen molar-refractivity contribution in [1.82, 2.24) is 0 Å². The van der Waals surface area contributed by atoms with E-state index < -0.39 is 5.41 Å². The molecule has 0 aliphatic heterocycles. The van der Waals surface area contributed by atoms with Gasteiger partial charge in [-0.3, -0.25) is 4.79 Å². The molecule has 1 aliphatic rings. The summed E-state index contributed by atoms with van der Waals surface area (Å²) in [6.45, 7) is 0. The molecule has 0 aromatic heterocycles. The van der Waals surface area contributed by atoms with Gasteiger partial charge in [0.1, 0.15) is 0 Å². The molecule has 114 valence electrons. The van der Waals surface area contributed by atoms with Crippen LogP contribution in [0.1, 0.15) is 38.5 Å². The molecule has 3 nitrogen and oxygen atoms in total. The average Bonchev–Trinajstić information content (AvgIpc) is 2.68. The van der Waals surface area contributed by atoms with Gasteiger partial charge in [0.2, 0.25) is 5.91 Å². The molecule has 0 bridgehead atoms. The lowest BCUT2D eigenvalue weighted by Crippen LogP contribution is -2.45. The summed E-state index contributed by atoms with van der Waals surface area (Å²) in [6.07, 6.45) is 5.52. The Balaban J connectivity index is 2.24. The molecule has 1 aliphatic carbocycles. The Bertz CT molecular complexity index is 555. The highest BCUT2D eigenvalue weighted by molar-refractivity contribution is 7.80. The Kier molecular flexibility index (Phi) is 5.47. The number of hydrogen-bond acceptors (Lipinski definition) is 2. The van der Waals surface area contributed by atoms with Gasteiger partial charge in [-0.05, 0) is 31.0 Å². The van der Waals surface area contributed by atoms with E-state index in [0.29, 0.717) is 28.6 Å². The van der Waals surface area contributed by atoms with Crippen molar-refractivity contribution in [3.05, 3.63) is 28.2 Å². The number of benzene rings is 1. The lowest BCUT2D eigenvalue weighted by molar-refractivity contribution is -0.122. The minimum Gasteiger partial charge on any atom is -0.392 e. The molecule has 1 saturated carbocycles. The molecular weight excluding hydrogens is 327 g/mol. The first-order valence-corrected chi connectivity index (χ1v) is 8.18. The van der Waals surface area contributed by atoms with E-state index in [0.717, 1.165) is 25.7 Å². The number of rotatable bonds is 3. The van der Waals surface area contributed by atoms with Gasteiger partial charge < -0.3 is 11.1 Å². The zero-order valence-corrected chi connectivity index (χ0v) is 14.0. The standard InChI is InChI=1S/C15H18Cl2N2OS/c16-10-5-6-12(11(17)9-10)19-14(20)15(13(18)21)7-3-1-2-4-8-15/h5-6,9H,1-4,7-8H2,(H2,18,21)(H,19,20). The van der Waals surface area contributed by atoms with Crippen LogP contribution in [0, 0.1) is 5.41 Å². The predicted octanol–water partition coefficient (Wildman–Crippen LogP) is 4.56. The van der Waals surface area contributed by atoms with E-state index in [2.05, 4.69) is 5.32 Å². The van der Waals surface area contributed by atoms with Crippen molar-refractivity contribution >= 4 is 52.0 Å². The Labute approximate surface area is 140 Å². The molecule has 0 unspecified atom stereocenters. The van der Waals surface area contributed by atoms with Crippen molar-refractivity contribution in [2.24, 2.45) is 11.1 Å². The highest BCUT2D eigenvalue weighted by Gasteiger charge is 2.41. The van der Waals surface area contributed by atoms with Gasteiger partial charge in [-0.15, -0.1) is 0 Å². The fourth-order valence-electron chi connectivity index (χ4n) is 2.75. The van der Waals surface area contributed by atoms with Crippen molar-refractivity contribution in [2.45, 2.75) is 38.5 Å². The van der Waals surface area contributed by atoms with Crippen LogP contribution in [0.3, 0.4) is 0 Å². The summed E-state index contributed by atoms with van der Waals surface area (Å²) in [6, 6.07) is 4.97. The average molecular weight is 345 g/mol. The second-order valence-electron chi connectivity index (χ2n) is 5.44. The minimum absolute atomic E-state index is 0.166. The fraction of sp³-hybridized carbons (Fsp3) is 0.467. The van der Waals surface area contributed by atoms with Crippen LogP contribution in [0.25, 0.3) is 0 Å². The van der Waals surface area contributed by atoms with Gasteiger partial charge in [0.25, 0.3) is 0 Å². The summed E-state index contributed by atoms with van der Waals surface area (Å²) < 4.78 is 0. The molecule has 0 radical (unpaired) electrons. The lowest BCUT2D eigenvalue weighted by Gasteiger charge is -2.30. The maximum absolute atomic E-state index is 12.8. The van der Waals surface area contributed by atoms with Gasteiger partial charge in [-0.25, -0.2) is 0 Å². The van der Waals surface area contributed by atoms with Gasteiger partial charge in [0, 0.05) is 5.02 Å². The van der Waals surface area contributed by atoms with Gasteiger partial charge in [-0.1, -0.05) is 61.1 Å². The summed E-state index contributed by atoms with van der Waals surface area (Å²) in [5.74, 6) is -0.166. The van der Waals surface area contributed by atoms with Crippen molar-refractivity contribution in [3.8, 4) is 0 Å². The zero-order valence-electron chi connectivity index (χ0n) is 11.6. The SMILES string of the molecule is NC(=S)C1(C(=O)Nc2ccc(Cl)cc2Cl)CCCCCC1. The summed E-state index contributed by atoms with van der Waals surface area (Å²) in [5, 5.41) is 3.79. The fourth-order valence-corrected chi connectivity index (χ4v) is 3.50. The van der Waals surface area contributed by atoms with Gasteiger partial charge in [0.05, 0.1) is 21.1 Å². The first-order valence-electron chi connectivity index (χ1n) is 7.02. The molecular formula is C15H18Cl2N2OS. The van der Waals surface area contributed by atoms with Crippen LogP contribution in [0.2, 0.25) is 10.0 Å². The van der Waals surface area contributed by atoms with Gasteiger partial charge in [-0.2, -0.15) is 0 Å². The van der Waals surface area contributed by atoms with Crippen LogP contribution in [0.4, 0.5) is 5.69 Å². The number of carbonyl (C=O) groups excluding carboxylic acids is 1. The van der Waals surface area contributed by atoms with Crippen molar-refractivity contribution in [3.63, 3.8) is 0 Å². The van der Waals surface area contributed by atoms with Crippen LogP contribution in [-0.2, 0) is 4.79 Å². The Morgan fingerprint density at radius 1 is 1.19 bits per heavy atom. The quantitative estimate of drug-likeness (QED) is 0.624. The Morgan fingerprint density at radius 2 is 1.81 bits per heavy atom. The summed E-state index contributed by atoms with van der Waals surface area (Å²) >= 11 is 17.2. The second kappa shape index (κ2) is 6.95. The number of nitrogens with one attached hydrogen (secondary N) is 1. The molecule has 21 heavy (non-hydrogen) atoms. The largest absolute Gasteiger partial charge is 0.392 e. The van der Waals surface area contributed by atoms with Crippen LogP contribution < -0.4 is 11.1 Å². The molecule has 1 fully saturated rings. The smallest absolute Gasteiger partial charge is 0.237 e. The third-order valence-corrected chi connectivity index (χ3v) is 4.98. The predicted molar refractivity (Wildman–Crippen MR) is 92.0 cm³/mol. The molecule has 1 aromatic rings. The molecule has 0 spiro atoms. The first kappa shape index (κ1) is 16.5. The normalized spacial score (nSPS) is 17.8. The van der Waals surface area contributed by atoms with E-state index in [-0.39, 0.29) is 10.9 Å². The van der Waals surface area contributed by atoms with E-state index in [1.54, 1.807) is 18.2 Å². The van der Waals surface area contributed by atoms with Crippen LogP contribution in [0.5, 0.6) is 0 Å². The van der Waals surface area contributed by atoms with Crippen LogP contribution >= 0.6 is 35.4 Å². The molecule has 2 rings (SSSR count). The van der Waals surface area contributed by atoms with Crippen molar-refractivity contribution < 1.29 is 4.79 Å². The minimum atomic E-state index is -0.769. The zero-order chi connectivity index (χ0) is 15.5. The molecule has 0 atom stereocenters. The molecule has 1 amide bonds. The molecule has 1 aromatic carbocycles. The highest BCUT2D eigenvalue weighted by Crippen LogP contribution is 2.37. The number of amides is 1. The second-order valence-corrected chi connectivity index (χ2v) is 6.72. The maximum Gasteiger partial charge on any atom is 0.237 e. The van der Waals surface area contributed by atoms with Crippen molar-refractivity contribution in [2.75, 3.05) is 5.32 Å². The highest BCUT2D eigenvalue weighted by atomic mass is 35.5. The summed E-state index contributed by atoms with van der Waals surface area (Å²) in [7, 11) is 0. The van der Waals surface area contributed by atoms with Gasteiger partial charge in [0.15, 0.2) is 0 Å². The number of halogens is 2. The van der Waals surface area contributed by atoms with Crippen LogP contribution in [-0.4, -0.2) is 10.9 Å². The van der Waals surface area contributed by atoms with E-state index in [1.165, 1.54) is 0 Å². The van der Waals surface area contributed by atoms with E-state index in [4.69, 9.17) is 41.2 Å². The van der Waals surface area contributed by atoms with E-state index in [1.807, 2.05) is 0 Å². The molecule has 0 saturated heterocycles. The first-order chi connectivity index (χ1) is 9.95. The maximum atomic E-state index is 12.8. The molecule has 3 N–H and O–H groups in total. The summed E-state index contributed by atoms with van der Waals surface area (Å²) in [4.78, 5) is 13.0. The summed E-state index contributed by atoms with van der Waals surface area (Å²) in [5.41, 5.74) is 5.67. The Hall–Kier alpha value is -0.840. The van der Waals surface area contributed by atoms with Crippen LogP contribution in [0.15, 0.2) is 18.2 Å². The molecule has 0 heterocycles. The number of hydrogen-bond donors (Lipinski definition) is 2. The lowest BCUT2D eigenvalue weighted by atomic mass is 9.79. The van der Waals surface area contributed by atoms with Crippen molar-refractivity contribution in [1.29, 1.82) is 0 Å². The number of anilines is 1. The molecule has 6 heteroatoms. The third-order valence-electron chi connectivity index (χ3n) is 4.04. The van der Waals surface area contributed by atoms with E-state index in [9.17, 15) is 4.79 Å². The Morgan fingerprint density at radius 3 is 2.33 bits per heavy atom. The number of thiocarbonyl (C=S) groups is 1. The topological polar surface area (TPSA) is 55.1 Å². The monoisotopic (exact) mass is 344 g/mol.